The Hall–Kier alpha value is -3.79. The number of hydrogen-bond donors (Lipinski definition) is 1. The molecule has 2 aromatic carbocycles. The Morgan fingerprint density at radius 2 is 1.77 bits per heavy atom. The molecule has 0 radical (unpaired) electrons. The molecule has 0 amide bonds. The molecule has 158 valence electrons. The zero-order valence-electron chi connectivity index (χ0n) is 16.7. The average Bonchev–Trinajstić information content (AvgIpc) is 3.08. The van der Waals surface area contributed by atoms with Gasteiger partial charge in [0.1, 0.15) is 17.9 Å². The molecule has 0 bridgehead atoms. The summed E-state index contributed by atoms with van der Waals surface area (Å²) in [6.45, 7) is 3.86. The van der Waals surface area contributed by atoms with Gasteiger partial charge in [-0.1, -0.05) is 6.07 Å². The molecule has 2 aromatic heterocycles. The van der Waals surface area contributed by atoms with Gasteiger partial charge in [0.25, 0.3) is 10.0 Å². The minimum Gasteiger partial charge on any atom is -0.438 e. The van der Waals surface area contributed by atoms with E-state index in [1.807, 2.05) is 18.4 Å². The highest BCUT2D eigenvalue weighted by molar-refractivity contribution is 7.92. The SMILES string of the molecule is Cc1ncn(-c2ccc(Oc3ccc(NS(=O)(=O)c4cccc(F)c4)cc3)nn2)c1C. The highest BCUT2D eigenvalue weighted by atomic mass is 32.2. The highest BCUT2D eigenvalue weighted by Crippen LogP contribution is 2.23. The van der Waals surface area contributed by atoms with Crippen LogP contribution in [0.25, 0.3) is 5.82 Å². The molecule has 0 saturated carbocycles. The van der Waals surface area contributed by atoms with Gasteiger partial charge in [0.2, 0.25) is 5.88 Å². The van der Waals surface area contributed by atoms with E-state index in [-0.39, 0.29) is 10.8 Å². The van der Waals surface area contributed by atoms with Crippen molar-refractivity contribution in [2.75, 3.05) is 4.72 Å². The van der Waals surface area contributed by atoms with Crippen LogP contribution in [0.5, 0.6) is 11.6 Å². The van der Waals surface area contributed by atoms with E-state index in [1.165, 1.54) is 30.3 Å². The summed E-state index contributed by atoms with van der Waals surface area (Å²) in [6, 6.07) is 14.5. The van der Waals surface area contributed by atoms with E-state index in [0.717, 1.165) is 17.5 Å². The van der Waals surface area contributed by atoms with Gasteiger partial charge in [0, 0.05) is 17.4 Å². The van der Waals surface area contributed by atoms with Crippen LogP contribution in [0.3, 0.4) is 0 Å². The zero-order chi connectivity index (χ0) is 22.0. The van der Waals surface area contributed by atoms with E-state index in [2.05, 4.69) is 19.9 Å². The Bertz CT molecular complexity index is 1320. The van der Waals surface area contributed by atoms with Crippen LogP contribution in [0.2, 0.25) is 0 Å². The summed E-state index contributed by atoms with van der Waals surface area (Å²) in [6.07, 6.45) is 1.68. The van der Waals surface area contributed by atoms with Gasteiger partial charge in [-0.25, -0.2) is 17.8 Å². The lowest BCUT2D eigenvalue weighted by atomic mass is 10.3. The fourth-order valence-corrected chi connectivity index (χ4v) is 3.88. The summed E-state index contributed by atoms with van der Waals surface area (Å²) in [4.78, 5) is 4.08. The number of benzene rings is 2. The van der Waals surface area contributed by atoms with Gasteiger partial charge in [-0.15, -0.1) is 10.2 Å². The van der Waals surface area contributed by atoms with E-state index < -0.39 is 15.8 Å². The third-order valence-electron chi connectivity index (χ3n) is 4.56. The largest absolute Gasteiger partial charge is 0.438 e. The molecule has 0 unspecified atom stereocenters. The van der Waals surface area contributed by atoms with Crippen LogP contribution in [0, 0.1) is 19.7 Å². The molecule has 4 rings (SSSR count). The second kappa shape index (κ2) is 8.15. The summed E-state index contributed by atoms with van der Waals surface area (Å²) in [5, 5.41) is 8.21. The first-order chi connectivity index (χ1) is 14.8. The first kappa shape index (κ1) is 20.5. The van der Waals surface area contributed by atoms with Gasteiger partial charge in [0.05, 0.1) is 10.6 Å². The fourth-order valence-electron chi connectivity index (χ4n) is 2.79. The number of hydrogen-bond acceptors (Lipinski definition) is 6. The monoisotopic (exact) mass is 439 g/mol. The molecule has 4 aromatic rings. The van der Waals surface area contributed by atoms with Crippen LogP contribution in [-0.2, 0) is 10.0 Å². The van der Waals surface area contributed by atoms with E-state index >= 15 is 0 Å². The van der Waals surface area contributed by atoms with Crippen LogP contribution >= 0.6 is 0 Å². The number of sulfonamides is 1. The lowest BCUT2D eigenvalue weighted by Crippen LogP contribution is -2.13. The Kier molecular flexibility index (Phi) is 5.38. The predicted molar refractivity (Wildman–Crippen MR) is 112 cm³/mol. The van der Waals surface area contributed by atoms with Crippen molar-refractivity contribution >= 4 is 15.7 Å². The van der Waals surface area contributed by atoms with Crippen molar-refractivity contribution in [2.45, 2.75) is 18.7 Å². The van der Waals surface area contributed by atoms with Crippen LogP contribution < -0.4 is 9.46 Å². The second-order valence-corrected chi connectivity index (χ2v) is 8.39. The number of rotatable bonds is 6. The first-order valence-corrected chi connectivity index (χ1v) is 10.7. The first-order valence-electron chi connectivity index (χ1n) is 9.23. The average molecular weight is 439 g/mol. The Morgan fingerprint density at radius 3 is 2.39 bits per heavy atom. The molecule has 10 heteroatoms. The molecule has 31 heavy (non-hydrogen) atoms. The minimum atomic E-state index is -3.90. The van der Waals surface area contributed by atoms with Crippen LogP contribution in [0.1, 0.15) is 11.4 Å². The quantitative estimate of drug-likeness (QED) is 0.487. The summed E-state index contributed by atoms with van der Waals surface area (Å²) in [5.41, 5.74) is 2.19. The van der Waals surface area contributed by atoms with E-state index in [1.54, 1.807) is 30.6 Å². The molecule has 1 N–H and O–H groups in total. The van der Waals surface area contributed by atoms with Gasteiger partial charge >= 0.3 is 0 Å². The highest BCUT2D eigenvalue weighted by Gasteiger charge is 2.15. The van der Waals surface area contributed by atoms with E-state index in [0.29, 0.717) is 17.3 Å². The van der Waals surface area contributed by atoms with Gasteiger partial charge in [-0.05, 0) is 62.4 Å². The number of halogens is 1. The standard InChI is InChI=1S/C21H18FN5O3S/c1-14-15(2)27(13-23-14)20-10-11-21(25-24-20)30-18-8-6-17(7-9-18)26-31(28,29)19-5-3-4-16(22)12-19/h3-13,26H,1-2H3. The number of imidazole rings is 1. The van der Waals surface area contributed by atoms with Crippen molar-refractivity contribution in [3.8, 4) is 17.4 Å². The third kappa shape index (κ3) is 4.53. The van der Waals surface area contributed by atoms with Gasteiger partial charge < -0.3 is 4.74 Å². The molecule has 0 aliphatic carbocycles. The Morgan fingerprint density at radius 1 is 1.00 bits per heavy atom. The van der Waals surface area contributed by atoms with E-state index in [9.17, 15) is 12.8 Å². The number of ether oxygens (including phenoxy) is 1. The lowest BCUT2D eigenvalue weighted by Gasteiger charge is -2.10. The third-order valence-corrected chi connectivity index (χ3v) is 5.94. The smallest absolute Gasteiger partial charge is 0.261 e. The minimum absolute atomic E-state index is 0.161. The predicted octanol–water partition coefficient (Wildman–Crippen LogP) is 4.01. The normalized spacial score (nSPS) is 11.3. The Labute approximate surface area is 178 Å². The maximum Gasteiger partial charge on any atom is 0.261 e. The van der Waals surface area contributed by atoms with Gasteiger partial charge in [0.15, 0.2) is 5.82 Å². The maximum absolute atomic E-state index is 13.3. The van der Waals surface area contributed by atoms with Crippen molar-refractivity contribution in [3.05, 3.63) is 84.2 Å². The molecule has 0 saturated heterocycles. The zero-order valence-corrected chi connectivity index (χ0v) is 17.5. The molecule has 0 fully saturated rings. The lowest BCUT2D eigenvalue weighted by molar-refractivity contribution is 0.454. The molecule has 2 heterocycles. The van der Waals surface area contributed by atoms with E-state index in [4.69, 9.17) is 4.74 Å². The number of aryl methyl sites for hydroxylation is 1. The van der Waals surface area contributed by atoms with Crippen LogP contribution in [0.4, 0.5) is 10.1 Å². The number of nitrogens with zero attached hydrogens (tertiary/aromatic N) is 4. The summed E-state index contributed by atoms with van der Waals surface area (Å²) in [5.74, 6) is 0.723. The molecule has 0 spiro atoms. The van der Waals surface area contributed by atoms with Crippen molar-refractivity contribution in [2.24, 2.45) is 0 Å². The fraction of sp³-hybridized carbons (Fsp3) is 0.0952. The Balaban J connectivity index is 1.44. The van der Waals surface area contributed by atoms with Gasteiger partial charge in [-0.2, -0.15) is 0 Å². The van der Waals surface area contributed by atoms with Crippen molar-refractivity contribution in [1.29, 1.82) is 0 Å². The topological polar surface area (TPSA) is 99.0 Å². The summed E-state index contributed by atoms with van der Waals surface area (Å²) < 4.78 is 47.9. The maximum atomic E-state index is 13.3. The van der Waals surface area contributed by atoms with Gasteiger partial charge in [-0.3, -0.25) is 9.29 Å². The second-order valence-electron chi connectivity index (χ2n) is 6.70. The molecule has 0 aliphatic heterocycles. The number of nitrogens with one attached hydrogen (secondary N) is 1. The van der Waals surface area contributed by atoms with Crippen molar-refractivity contribution in [1.82, 2.24) is 19.7 Å². The van der Waals surface area contributed by atoms with Crippen LogP contribution in [-0.4, -0.2) is 28.2 Å². The molecule has 8 nitrogen and oxygen atoms in total. The molecular weight excluding hydrogens is 421 g/mol. The van der Waals surface area contributed by atoms with Crippen LogP contribution in [0.15, 0.2) is 71.9 Å². The molecule has 0 aliphatic rings. The molecule has 0 atom stereocenters. The molecular formula is C21H18FN5O3S. The van der Waals surface area contributed by atoms with Crippen molar-refractivity contribution in [3.63, 3.8) is 0 Å². The number of anilines is 1. The van der Waals surface area contributed by atoms with Crippen molar-refractivity contribution < 1.29 is 17.5 Å². The summed E-state index contributed by atoms with van der Waals surface area (Å²) >= 11 is 0. The summed E-state index contributed by atoms with van der Waals surface area (Å²) in [7, 11) is -3.90. The number of aromatic nitrogens is 4.